The summed E-state index contributed by atoms with van der Waals surface area (Å²) in [6, 6.07) is 1.04. The third kappa shape index (κ3) is 3.13. The molecule has 1 aromatic rings. The second-order valence-corrected chi connectivity index (χ2v) is 5.28. The lowest BCUT2D eigenvalue weighted by molar-refractivity contribution is -0.157. The van der Waals surface area contributed by atoms with Gasteiger partial charge in [0.1, 0.15) is 29.2 Å². The standard InChI is InChI=1S/C10H8ClF3N4OS/c11-7-5(3-15)8(20-17-7)16-6-1-2-18(9(6)19)4-10(12,13)14/h6,16H,1-2,4H2. The molecule has 0 aliphatic carbocycles. The third-order valence-corrected chi connectivity index (χ3v) is 3.89. The summed E-state index contributed by atoms with van der Waals surface area (Å²) < 4.78 is 40.6. The van der Waals surface area contributed by atoms with Gasteiger partial charge in [-0.3, -0.25) is 4.79 Å². The summed E-state index contributed by atoms with van der Waals surface area (Å²) in [6.45, 7) is -1.25. The van der Waals surface area contributed by atoms with Gasteiger partial charge in [0.05, 0.1) is 0 Å². The molecule has 2 heterocycles. The van der Waals surface area contributed by atoms with Crippen LogP contribution in [0, 0.1) is 11.3 Å². The predicted molar refractivity (Wildman–Crippen MR) is 66.5 cm³/mol. The number of aromatic nitrogens is 1. The molecule has 0 bridgehead atoms. The lowest BCUT2D eigenvalue weighted by Crippen LogP contribution is -2.39. The van der Waals surface area contributed by atoms with Crippen molar-refractivity contribution in [2.45, 2.75) is 18.6 Å². The van der Waals surface area contributed by atoms with Crippen LogP contribution in [0.15, 0.2) is 0 Å². The van der Waals surface area contributed by atoms with E-state index in [0.717, 1.165) is 16.4 Å². The largest absolute Gasteiger partial charge is 0.406 e. The van der Waals surface area contributed by atoms with Crippen molar-refractivity contribution in [3.8, 4) is 6.07 Å². The molecule has 1 N–H and O–H groups in total. The maximum Gasteiger partial charge on any atom is 0.406 e. The summed E-state index contributed by atoms with van der Waals surface area (Å²) in [4.78, 5) is 12.6. The lowest BCUT2D eigenvalue weighted by Gasteiger charge is -2.18. The van der Waals surface area contributed by atoms with Crippen molar-refractivity contribution in [2.24, 2.45) is 0 Å². The van der Waals surface area contributed by atoms with E-state index in [4.69, 9.17) is 16.9 Å². The molecule has 0 radical (unpaired) electrons. The number of rotatable bonds is 3. The van der Waals surface area contributed by atoms with Gasteiger partial charge in [-0.25, -0.2) is 0 Å². The molecule has 20 heavy (non-hydrogen) atoms. The van der Waals surface area contributed by atoms with Gasteiger partial charge >= 0.3 is 6.18 Å². The Morgan fingerprint density at radius 1 is 1.60 bits per heavy atom. The number of anilines is 1. The zero-order valence-electron chi connectivity index (χ0n) is 9.87. The molecular formula is C10H8ClF3N4OS. The number of carbonyl (C=O) groups excluding carboxylic acids is 1. The molecule has 0 aromatic carbocycles. The molecule has 1 unspecified atom stereocenters. The van der Waals surface area contributed by atoms with Crippen LogP contribution in [0.25, 0.3) is 0 Å². The minimum atomic E-state index is -4.42. The van der Waals surface area contributed by atoms with Gasteiger partial charge in [0, 0.05) is 6.54 Å². The fraction of sp³-hybridized carbons (Fsp3) is 0.500. The van der Waals surface area contributed by atoms with E-state index in [1.54, 1.807) is 0 Å². The monoisotopic (exact) mass is 324 g/mol. The van der Waals surface area contributed by atoms with Crippen LogP contribution in [0.3, 0.4) is 0 Å². The van der Waals surface area contributed by atoms with Crippen LogP contribution in [0.5, 0.6) is 0 Å². The molecule has 2 rings (SSSR count). The zero-order valence-corrected chi connectivity index (χ0v) is 11.4. The van der Waals surface area contributed by atoms with Crippen LogP contribution in [0.2, 0.25) is 5.15 Å². The number of hydrogen-bond acceptors (Lipinski definition) is 5. The van der Waals surface area contributed by atoms with E-state index in [1.807, 2.05) is 6.07 Å². The second-order valence-electron chi connectivity index (χ2n) is 4.15. The molecule has 1 aliphatic heterocycles. The highest BCUT2D eigenvalue weighted by Gasteiger charge is 2.39. The first-order valence-corrected chi connectivity index (χ1v) is 6.64. The first-order chi connectivity index (χ1) is 9.31. The van der Waals surface area contributed by atoms with Crippen molar-refractivity contribution >= 4 is 34.0 Å². The number of alkyl halides is 3. The van der Waals surface area contributed by atoms with Crippen LogP contribution in [-0.2, 0) is 4.79 Å². The smallest absolute Gasteiger partial charge is 0.363 e. The van der Waals surface area contributed by atoms with Gasteiger partial charge in [-0.2, -0.15) is 22.8 Å². The average Bonchev–Trinajstić information content (AvgIpc) is 2.85. The first kappa shape index (κ1) is 14.9. The Bertz CT molecular complexity index is 568. The molecule has 1 saturated heterocycles. The fourth-order valence-electron chi connectivity index (χ4n) is 1.87. The van der Waals surface area contributed by atoms with E-state index in [0.29, 0.717) is 5.00 Å². The molecule has 108 valence electrons. The normalized spacial score (nSPS) is 19.2. The highest BCUT2D eigenvalue weighted by atomic mass is 35.5. The highest BCUT2D eigenvalue weighted by Crippen LogP contribution is 2.30. The van der Waals surface area contributed by atoms with Crippen molar-refractivity contribution < 1.29 is 18.0 Å². The summed E-state index contributed by atoms with van der Waals surface area (Å²) >= 11 is 6.57. The Morgan fingerprint density at radius 3 is 2.90 bits per heavy atom. The molecule has 10 heteroatoms. The van der Waals surface area contributed by atoms with Gasteiger partial charge in [-0.05, 0) is 18.0 Å². The molecule has 1 fully saturated rings. The number of amides is 1. The summed E-state index contributed by atoms with van der Waals surface area (Å²) in [5, 5.41) is 11.9. The van der Waals surface area contributed by atoms with Gasteiger partial charge in [0.2, 0.25) is 5.91 Å². The van der Waals surface area contributed by atoms with Crippen molar-refractivity contribution in [3.63, 3.8) is 0 Å². The number of carbonyl (C=O) groups is 1. The fourth-order valence-corrected chi connectivity index (χ4v) is 2.86. The van der Waals surface area contributed by atoms with Crippen molar-refractivity contribution in [1.82, 2.24) is 9.27 Å². The van der Waals surface area contributed by atoms with Crippen molar-refractivity contribution in [3.05, 3.63) is 10.7 Å². The summed E-state index contributed by atoms with van der Waals surface area (Å²) in [5.41, 5.74) is 0.0961. The predicted octanol–water partition coefficient (Wildman–Crippen LogP) is 2.24. The summed E-state index contributed by atoms with van der Waals surface area (Å²) in [7, 11) is 0. The Morgan fingerprint density at radius 2 is 2.30 bits per heavy atom. The van der Waals surface area contributed by atoms with Crippen LogP contribution >= 0.6 is 23.1 Å². The van der Waals surface area contributed by atoms with E-state index in [-0.39, 0.29) is 23.7 Å². The summed E-state index contributed by atoms with van der Waals surface area (Å²) in [5.74, 6) is -0.643. The number of hydrogen-bond donors (Lipinski definition) is 1. The Kier molecular flexibility index (Phi) is 4.06. The van der Waals surface area contributed by atoms with E-state index in [1.165, 1.54) is 0 Å². The van der Waals surface area contributed by atoms with Gasteiger partial charge < -0.3 is 10.2 Å². The molecule has 5 nitrogen and oxygen atoms in total. The minimum Gasteiger partial charge on any atom is -0.363 e. The van der Waals surface area contributed by atoms with E-state index >= 15 is 0 Å². The molecule has 0 spiro atoms. The molecule has 1 aromatic heterocycles. The number of nitrogens with zero attached hydrogens (tertiary/aromatic N) is 3. The van der Waals surface area contributed by atoms with Crippen molar-refractivity contribution in [2.75, 3.05) is 18.4 Å². The molecule has 1 atom stereocenters. The number of halogens is 4. The third-order valence-electron chi connectivity index (χ3n) is 2.74. The van der Waals surface area contributed by atoms with Crippen LogP contribution < -0.4 is 5.32 Å². The summed E-state index contributed by atoms with van der Waals surface area (Å²) in [6.07, 6.45) is -4.19. The van der Waals surface area contributed by atoms with Crippen LogP contribution in [0.1, 0.15) is 12.0 Å². The van der Waals surface area contributed by atoms with E-state index in [9.17, 15) is 18.0 Å². The molecular weight excluding hydrogens is 317 g/mol. The number of nitrogens with one attached hydrogen (secondary N) is 1. The maximum atomic E-state index is 12.3. The average molecular weight is 325 g/mol. The van der Waals surface area contributed by atoms with Gasteiger partial charge in [0.25, 0.3) is 0 Å². The van der Waals surface area contributed by atoms with Crippen molar-refractivity contribution in [1.29, 1.82) is 5.26 Å². The quantitative estimate of drug-likeness (QED) is 0.926. The molecule has 1 aliphatic rings. The Labute approximate surface area is 121 Å². The Hall–Kier alpha value is -1.53. The van der Waals surface area contributed by atoms with E-state index < -0.39 is 24.7 Å². The Balaban J connectivity index is 2.05. The van der Waals surface area contributed by atoms with Gasteiger partial charge in [0.15, 0.2) is 5.15 Å². The minimum absolute atomic E-state index is 0.0117. The topological polar surface area (TPSA) is 69.0 Å². The number of likely N-dealkylation sites (tertiary alicyclic amines) is 1. The van der Waals surface area contributed by atoms with Crippen LogP contribution in [0.4, 0.5) is 18.2 Å². The molecule has 1 amide bonds. The van der Waals surface area contributed by atoms with Gasteiger partial charge in [-0.1, -0.05) is 11.6 Å². The lowest BCUT2D eigenvalue weighted by atomic mass is 10.2. The van der Waals surface area contributed by atoms with Gasteiger partial charge in [-0.15, -0.1) is 0 Å². The molecule has 0 saturated carbocycles. The first-order valence-electron chi connectivity index (χ1n) is 5.49. The second kappa shape index (κ2) is 5.46. The maximum absolute atomic E-state index is 12.3. The highest BCUT2D eigenvalue weighted by molar-refractivity contribution is 7.10. The van der Waals surface area contributed by atoms with E-state index in [2.05, 4.69) is 9.69 Å². The zero-order chi connectivity index (χ0) is 14.9. The van der Waals surface area contributed by atoms with Crippen LogP contribution in [-0.4, -0.2) is 40.5 Å². The SMILES string of the molecule is N#Cc1c(Cl)nsc1NC1CCN(CC(F)(F)F)C1=O. The number of nitriles is 1.